The van der Waals surface area contributed by atoms with Crippen molar-refractivity contribution in [2.45, 2.75) is 19.4 Å². The van der Waals surface area contributed by atoms with Gasteiger partial charge in [0.2, 0.25) is 0 Å². The van der Waals surface area contributed by atoms with Gasteiger partial charge in [0.15, 0.2) is 0 Å². The lowest BCUT2D eigenvalue weighted by Gasteiger charge is -2.27. The smallest absolute Gasteiger partial charge is 0.140 e. The second-order valence-corrected chi connectivity index (χ2v) is 3.86. The highest BCUT2D eigenvalue weighted by molar-refractivity contribution is 6.29. The van der Waals surface area contributed by atoms with Crippen molar-refractivity contribution in [3.63, 3.8) is 0 Å². The summed E-state index contributed by atoms with van der Waals surface area (Å²) in [5.41, 5.74) is 0.844. The average Bonchev–Trinajstić information content (AvgIpc) is 2.05. The van der Waals surface area contributed by atoms with Crippen molar-refractivity contribution in [3.8, 4) is 5.75 Å². The molecule has 1 aromatic heterocycles. The highest BCUT2D eigenvalue weighted by atomic mass is 35.5. The molecule has 1 unspecified atom stereocenters. The van der Waals surface area contributed by atoms with E-state index in [4.69, 9.17) is 16.3 Å². The zero-order chi connectivity index (χ0) is 9.97. The number of halogens is 1. The van der Waals surface area contributed by atoms with Gasteiger partial charge >= 0.3 is 0 Å². The number of hydrogen-bond donors (Lipinski definition) is 1. The lowest BCUT2D eigenvalue weighted by Crippen LogP contribution is -2.46. The molecule has 2 heterocycles. The fraction of sp³-hybridized carbons (Fsp3) is 0.500. The molecule has 2 rings (SSSR count). The average molecular weight is 213 g/mol. The maximum atomic E-state index is 5.74. The van der Waals surface area contributed by atoms with Crippen LogP contribution in [0.15, 0.2) is 12.1 Å². The quantitative estimate of drug-likeness (QED) is 0.776. The molecule has 3 nitrogen and oxygen atoms in total. The molecule has 0 bridgehead atoms. The van der Waals surface area contributed by atoms with Gasteiger partial charge in [-0.05, 0) is 32.0 Å². The second kappa shape index (κ2) is 4.15. The van der Waals surface area contributed by atoms with Gasteiger partial charge in [-0.15, -0.1) is 0 Å². The van der Waals surface area contributed by atoms with Crippen LogP contribution in [0.25, 0.3) is 0 Å². The van der Waals surface area contributed by atoms with Crippen LogP contribution >= 0.6 is 11.6 Å². The largest absolute Gasteiger partial charge is 0.490 e. The molecule has 0 amide bonds. The van der Waals surface area contributed by atoms with E-state index in [9.17, 15) is 0 Å². The molecule has 1 atom stereocenters. The minimum atomic E-state index is 0.505. The molecule has 14 heavy (non-hydrogen) atoms. The van der Waals surface area contributed by atoms with Gasteiger partial charge < -0.3 is 10.1 Å². The SMILES string of the molecule is Cc1nc(Cl)ccc1OCC1CCN1. The molecule has 0 aliphatic carbocycles. The van der Waals surface area contributed by atoms with E-state index in [-0.39, 0.29) is 0 Å². The van der Waals surface area contributed by atoms with E-state index in [0.29, 0.717) is 17.8 Å². The van der Waals surface area contributed by atoms with Crippen molar-refractivity contribution in [2.75, 3.05) is 13.2 Å². The van der Waals surface area contributed by atoms with Gasteiger partial charge in [0.1, 0.15) is 17.5 Å². The maximum Gasteiger partial charge on any atom is 0.140 e. The molecular weight excluding hydrogens is 200 g/mol. The van der Waals surface area contributed by atoms with Gasteiger partial charge in [0.05, 0.1) is 5.69 Å². The standard InChI is InChI=1S/C10H13ClN2O/c1-7-9(2-3-10(11)13-7)14-6-8-4-5-12-8/h2-3,8,12H,4-6H2,1H3. The zero-order valence-electron chi connectivity index (χ0n) is 8.09. The van der Waals surface area contributed by atoms with Crippen LogP contribution in [0.4, 0.5) is 0 Å². The number of ether oxygens (including phenoxy) is 1. The van der Waals surface area contributed by atoms with Crippen molar-refractivity contribution < 1.29 is 4.74 Å². The fourth-order valence-electron chi connectivity index (χ4n) is 1.35. The van der Waals surface area contributed by atoms with Crippen LogP contribution in [0.5, 0.6) is 5.75 Å². The van der Waals surface area contributed by atoms with Gasteiger partial charge in [-0.2, -0.15) is 0 Å². The highest BCUT2D eigenvalue weighted by Gasteiger charge is 2.17. The van der Waals surface area contributed by atoms with Gasteiger partial charge in [-0.25, -0.2) is 4.98 Å². The number of hydrogen-bond acceptors (Lipinski definition) is 3. The molecule has 1 saturated heterocycles. The van der Waals surface area contributed by atoms with Crippen LogP contribution in [0, 0.1) is 6.92 Å². The second-order valence-electron chi connectivity index (χ2n) is 3.47. The molecule has 0 spiro atoms. The summed E-state index contributed by atoms with van der Waals surface area (Å²) >= 11 is 5.74. The Balaban J connectivity index is 1.94. The molecule has 1 aromatic rings. The number of aromatic nitrogens is 1. The Hall–Kier alpha value is -0.800. The molecule has 0 saturated carbocycles. The van der Waals surface area contributed by atoms with Crippen LogP contribution in [-0.2, 0) is 0 Å². The first kappa shape index (κ1) is 9.74. The van der Waals surface area contributed by atoms with E-state index in [1.54, 1.807) is 6.07 Å². The Kier molecular flexibility index (Phi) is 2.89. The van der Waals surface area contributed by atoms with Crippen molar-refractivity contribution >= 4 is 11.6 Å². The summed E-state index contributed by atoms with van der Waals surface area (Å²) in [6.45, 7) is 3.71. The Morgan fingerprint density at radius 1 is 1.64 bits per heavy atom. The summed E-state index contributed by atoms with van der Waals surface area (Å²) < 4.78 is 5.61. The monoisotopic (exact) mass is 212 g/mol. The van der Waals surface area contributed by atoms with E-state index in [2.05, 4.69) is 10.3 Å². The lowest BCUT2D eigenvalue weighted by molar-refractivity contribution is 0.216. The summed E-state index contributed by atoms with van der Waals surface area (Å²) in [5, 5.41) is 3.79. The van der Waals surface area contributed by atoms with Gasteiger partial charge in [0, 0.05) is 6.04 Å². The predicted octanol–water partition coefficient (Wildman–Crippen LogP) is 1.78. The van der Waals surface area contributed by atoms with E-state index < -0.39 is 0 Å². The van der Waals surface area contributed by atoms with Crippen molar-refractivity contribution in [1.29, 1.82) is 0 Å². The van der Waals surface area contributed by atoms with Crippen LogP contribution in [0.3, 0.4) is 0 Å². The van der Waals surface area contributed by atoms with Crippen molar-refractivity contribution in [2.24, 2.45) is 0 Å². The number of pyridine rings is 1. The van der Waals surface area contributed by atoms with Gasteiger partial charge in [0.25, 0.3) is 0 Å². The topological polar surface area (TPSA) is 34.1 Å². The summed E-state index contributed by atoms with van der Waals surface area (Å²) in [4.78, 5) is 4.12. The molecular formula is C10H13ClN2O. The first-order valence-corrected chi connectivity index (χ1v) is 5.13. The highest BCUT2D eigenvalue weighted by Crippen LogP contribution is 2.18. The number of nitrogens with zero attached hydrogens (tertiary/aromatic N) is 1. The first-order valence-electron chi connectivity index (χ1n) is 4.75. The van der Waals surface area contributed by atoms with Crippen molar-refractivity contribution in [3.05, 3.63) is 23.0 Å². The molecule has 4 heteroatoms. The third kappa shape index (κ3) is 2.16. The van der Waals surface area contributed by atoms with E-state index in [1.165, 1.54) is 6.42 Å². The minimum absolute atomic E-state index is 0.505. The van der Waals surface area contributed by atoms with Gasteiger partial charge in [-0.3, -0.25) is 0 Å². The third-order valence-electron chi connectivity index (χ3n) is 2.37. The molecule has 1 aliphatic heterocycles. The molecule has 1 fully saturated rings. The lowest BCUT2D eigenvalue weighted by atomic mass is 10.1. The van der Waals surface area contributed by atoms with E-state index >= 15 is 0 Å². The normalized spacial score (nSPS) is 20.3. The van der Waals surface area contributed by atoms with Crippen LogP contribution in [0.1, 0.15) is 12.1 Å². The predicted molar refractivity (Wildman–Crippen MR) is 55.9 cm³/mol. The zero-order valence-corrected chi connectivity index (χ0v) is 8.84. The molecule has 0 aromatic carbocycles. The molecule has 76 valence electrons. The number of aryl methyl sites for hydroxylation is 1. The van der Waals surface area contributed by atoms with E-state index in [0.717, 1.165) is 18.0 Å². The molecule has 1 N–H and O–H groups in total. The van der Waals surface area contributed by atoms with Crippen molar-refractivity contribution in [1.82, 2.24) is 10.3 Å². The Labute approximate surface area is 88.4 Å². The third-order valence-corrected chi connectivity index (χ3v) is 2.58. The first-order chi connectivity index (χ1) is 6.75. The van der Waals surface area contributed by atoms with Crippen LogP contribution in [-0.4, -0.2) is 24.2 Å². The molecule has 0 radical (unpaired) electrons. The number of rotatable bonds is 3. The van der Waals surface area contributed by atoms with E-state index in [1.807, 2.05) is 13.0 Å². The summed E-state index contributed by atoms with van der Waals surface area (Å²) in [5.74, 6) is 0.822. The summed E-state index contributed by atoms with van der Waals surface area (Å²) in [6.07, 6.45) is 1.19. The minimum Gasteiger partial charge on any atom is -0.490 e. The fourth-order valence-corrected chi connectivity index (χ4v) is 1.54. The maximum absolute atomic E-state index is 5.74. The summed E-state index contributed by atoms with van der Waals surface area (Å²) in [6, 6.07) is 4.12. The molecule has 1 aliphatic rings. The van der Waals surface area contributed by atoms with Gasteiger partial charge in [-0.1, -0.05) is 11.6 Å². The number of nitrogens with one attached hydrogen (secondary N) is 1. The Morgan fingerprint density at radius 3 is 3.00 bits per heavy atom. The van der Waals surface area contributed by atoms with Crippen LogP contribution < -0.4 is 10.1 Å². The Bertz CT molecular complexity index is 326. The van der Waals surface area contributed by atoms with Crippen LogP contribution in [0.2, 0.25) is 5.15 Å². The Morgan fingerprint density at radius 2 is 2.43 bits per heavy atom. The summed E-state index contributed by atoms with van der Waals surface area (Å²) in [7, 11) is 0.